The Hall–Kier alpha value is -0.0400. The summed E-state index contributed by atoms with van der Waals surface area (Å²) < 4.78 is 0. The van der Waals surface area contributed by atoms with Crippen molar-refractivity contribution >= 4 is 0 Å². The van der Waals surface area contributed by atoms with Crippen LogP contribution in [-0.4, -0.2) is 13.1 Å². The summed E-state index contributed by atoms with van der Waals surface area (Å²) in [6.45, 7) is 13.4. The first kappa shape index (κ1) is 15.4. The zero-order valence-electron chi connectivity index (χ0n) is 10.3. The molecule has 0 saturated carbocycles. The molecule has 13 heavy (non-hydrogen) atoms. The highest BCUT2D eigenvalue weighted by Crippen LogP contribution is 1.93. The summed E-state index contributed by atoms with van der Waals surface area (Å²) in [7, 11) is 0. The van der Waals surface area contributed by atoms with Gasteiger partial charge >= 0.3 is 0 Å². The molecule has 1 aliphatic rings. The van der Waals surface area contributed by atoms with Gasteiger partial charge in [0, 0.05) is 0 Å². The van der Waals surface area contributed by atoms with E-state index < -0.39 is 0 Å². The Morgan fingerprint density at radius 3 is 1.38 bits per heavy atom. The first-order chi connectivity index (χ1) is 6.18. The van der Waals surface area contributed by atoms with Crippen molar-refractivity contribution in [1.29, 1.82) is 0 Å². The Balaban J connectivity index is 0. The zero-order valence-corrected chi connectivity index (χ0v) is 10.3. The molecule has 0 aromatic rings. The third-order valence-corrected chi connectivity index (χ3v) is 1.77. The monoisotopic (exact) mass is 187 g/mol. The van der Waals surface area contributed by atoms with E-state index in [1.165, 1.54) is 38.8 Å². The molecule has 1 saturated heterocycles. The van der Waals surface area contributed by atoms with Gasteiger partial charge in [-0.05, 0) is 31.8 Å². The highest BCUT2D eigenvalue weighted by atomic mass is 14.9. The second kappa shape index (κ2) is 14.5. The van der Waals surface area contributed by atoms with Gasteiger partial charge in [-0.25, -0.2) is 0 Å². The lowest BCUT2D eigenvalue weighted by molar-refractivity contribution is 0.626. The lowest BCUT2D eigenvalue weighted by atomic mass is 10.2. The second-order valence-corrected chi connectivity index (χ2v) is 3.97. The van der Waals surface area contributed by atoms with Crippen LogP contribution in [0.5, 0.6) is 0 Å². The number of rotatable bonds is 1. The summed E-state index contributed by atoms with van der Waals surface area (Å²) in [6, 6.07) is 0. The molecule has 0 spiro atoms. The molecule has 0 radical (unpaired) electrons. The predicted octanol–water partition coefficient (Wildman–Crippen LogP) is 3.84. The van der Waals surface area contributed by atoms with Gasteiger partial charge < -0.3 is 5.32 Å². The molecule has 0 aromatic carbocycles. The fourth-order valence-corrected chi connectivity index (χ4v) is 0.625. The fraction of sp³-hybridized carbons (Fsp3) is 1.00. The Labute approximate surface area is 85.3 Å². The summed E-state index contributed by atoms with van der Waals surface area (Å²) in [4.78, 5) is 0. The maximum absolute atomic E-state index is 3.22. The molecule has 1 heteroatoms. The SMILES string of the molecule is C1CCNC1.CCC.CCC(C)C. The van der Waals surface area contributed by atoms with Crippen LogP contribution >= 0.6 is 0 Å². The molecule has 1 heterocycles. The van der Waals surface area contributed by atoms with Crippen LogP contribution in [0.3, 0.4) is 0 Å². The summed E-state index contributed by atoms with van der Waals surface area (Å²) in [5.74, 6) is 0.884. The van der Waals surface area contributed by atoms with Crippen LogP contribution in [0, 0.1) is 5.92 Å². The number of nitrogens with one attached hydrogen (secondary N) is 1. The molecule has 0 bridgehead atoms. The minimum atomic E-state index is 0.884. The average Bonchev–Trinajstić information content (AvgIpc) is 2.62. The van der Waals surface area contributed by atoms with Crippen LogP contribution in [0.2, 0.25) is 0 Å². The van der Waals surface area contributed by atoms with Gasteiger partial charge in [-0.1, -0.05) is 47.5 Å². The van der Waals surface area contributed by atoms with Crippen molar-refractivity contribution < 1.29 is 0 Å². The first-order valence-corrected chi connectivity index (χ1v) is 5.89. The number of hydrogen-bond donors (Lipinski definition) is 1. The molecule has 1 rings (SSSR count). The van der Waals surface area contributed by atoms with E-state index in [0.29, 0.717) is 0 Å². The molecule has 1 nitrogen and oxygen atoms in total. The van der Waals surface area contributed by atoms with Crippen LogP contribution in [0.1, 0.15) is 60.3 Å². The van der Waals surface area contributed by atoms with Gasteiger partial charge in [0.25, 0.3) is 0 Å². The Morgan fingerprint density at radius 1 is 1.00 bits per heavy atom. The highest BCUT2D eigenvalue weighted by Gasteiger charge is 1.93. The van der Waals surface area contributed by atoms with Gasteiger partial charge in [-0.2, -0.15) is 0 Å². The smallest absolute Gasteiger partial charge is 0.00484 e. The van der Waals surface area contributed by atoms with Crippen LogP contribution in [0.25, 0.3) is 0 Å². The standard InChI is InChI=1S/C5H12.C4H9N.C3H8/c1-4-5(2)3;1-2-4-5-3-1;1-3-2/h5H,4H2,1-3H3;5H,1-4H2;3H2,1-2H3. The molecule has 0 atom stereocenters. The Bertz CT molecular complexity index is 57.9. The van der Waals surface area contributed by atoms with Crippen molar-refractivity contribution in [2.24, 2.45) is 5.92 Å². The van der Waals surface area contributed by atoms with Crippen LogP contribution < -0.4 is 5.32 Å². The molecular formula is C12H29N. The van der Waals surface area contributed by atoms with Crippen LogP contribution in [0.4, 0.5) is 0 Å². The van der Waals surface area contributed by atoms with Crippen molar-refractivity contribution in [2.45, 2.75) is 60.3 Å². The van der Waals surface area contributed by atoms with Gasteiger partial charge in [0.1, 0.15) is 0 Å². The van der Waals surface area contributed by atoms with Crippen molar-refractivity contribution in [2.75, 3.05) is 13.1 Å². The molecule has 1 N–H and O–H groups in total. The first-order valence-electron chi connectivity index (χ1n) is 5.89. The predicted molar refractivity (Wildman–Crippen MR) is 63.2 cm³/mol. The molecule has 0 aliphatic carbocycles. The summed E-state index contributed by atoms with van der Waals surface area (Å²) in [5, 5.41) is 3.22. The highest BCUT2D eigenvalue weighted by molar-refractivity contribution is 4.55. The zero-order chi connectivity index (χ0) is 10.5. The van der Waals surface area contributed by atoms with E-state index in [-0.39, 0.29) is 0 Å². The summed E-state index contributed by atoms with van der Waals surface area (Å²) in [6.07, 6.45) is 5.33. The molecule has 1 aliphatic heterocycles. The normalized spacial score (nSPS) is 14.3. The lowest BCUT2D eigenvalue weighted by Crippen LogP contribution is -2.03. The van der Waals surface area contributed by atoms with E-state index in [4.69, 9.17) is 0 Å². The summed E-state index contributed by atoms with van der Waals surface area (Å²) in [5.41, 5.74) is 0. The number of hydrogen-bond acceptors (Lipinski definition) is 1. The minimum absolute atomic E-state index is 0.884. The maximum Gasteiger partial charge on any atom is -0.00484 e. The van der Waals surface area contributed by atoms with Crippen molar-refractivity contribution in [3.05, 3.63) is 0 Å². The molecule has 82 valence electrons. The van der Waals surface area contributed by atoms with E-state index in [2.05, 4.69) is 39.9 Å². The third-order valence-electron chi connectivity index (χ3n) is 1.77. The van der Waals surface area contributed by atoms with Gasteiger partial charge in [0.15, 0.2) is 0 Å². The van der Waals surface area contributed by atoms with E-state index in [9.17, 15) is 0 Å². The molecule has 1 fully saturated rings. The fourth-order valence-electron chi connectivity index (χ4n) is 0.625. The average molecular weight is 187 g/mol. The van der Waals surface area contributed by atoms with Gasteiger partial charge in [0.2, 0.25) is 0 Å². The third kappa shape index (κ3) is 24.5. The van der Waals surface area contributed by atoms with Crippen molar-refractivity contribution in [3.63, 3.8) is 0 Å². The van der Waals surface area contributed by atoms with Crippen molar-refractivity contribution in [3.8, 4) is 0 Å². The van der Waals surface area contributed by atoms with E-state index in [0.717, 1.165) is 5.92 Å². The van der Waals surface area contributed by atoms with E-state index in [1.54, 1.807) is 0 Å². The minimum Gasteiger partial charge on any atom is -0.317 e. The maximum atomic E-state index is 3.22. The van der Waals surface area contributed by atoms with Gasteiger partial charge in [0.05, 0.1) is 0 Å². The Kier molecular flexibility index (Phi) is 17.2. The lowest BCUT2D eigenvalue weighted by Gasteiger charge is -1.90. The van der Waals surface area contributed by atoms with Gasteiger partial charge in [-0.15, -0.1) is 0 Å². The Morgan fingerprint density at radius 2 is 1.31 bits per heavy atom. The second-order valence-electron chi connectivity index (χ2n) is 3.97. The van der Waals surface area contributed by atoms with Crippen LogP contribution in [-0.2, 0) is 0 Å². The molecule has 0 aromatic heterocycles. The topological polar surface area (TPSA) is 12.0 Å². The van der Waals surface area contributed by atoms with Gasteiger partial charge in [-0.3, -0.25) is 0 Å². The molecular weight excluding hydrogens is 158 g/mol. The summed E-state index contributed by atoms with van der Waals surface area (Å²) >= 11 is 0. The quantitative estimate of drug-likeness (QED) is 0.657. The van der Waals surface area contributed by atoms with E-state index in [1.807, 2.05) is 0 Å². The van der Waals surface area contributed by atoms with E-state index >= 15 is 0 Å². The molecule has 0 unspecified atom stereocenters. The molecule has 0 amide bonds. The largest absolute Gasteiger partial charge is 0.317 e. The van der Waals surface area contributed by atoms with Crippen LogP contribution in [0.15, 0.2) is 0 Å². The van der Waals surface area contributed by atoms with Crippen molar-refractivity contribution in [1.82, 2.24) is 5.32 Å².